The van der Waals surface area contributed by atoms with Gasteiger partial charge in [0, 0.05) is 5.38 Å². The molecule has 1 aliphatic heterocycles. The molecule has 2 N–H and O–H groups in total. The minimum atomic E-state index is -1.08. The van der Waals surface area contributed by atoms with Crippen LogP contribution in [0.3, 0.4) is 0 Å². The topological polar surface area (TPSA) is 88.5 Å². The lowest BCUT2D eigenvalue weighted by Gasteiger charge is -2.25. The van der Waals surface area contributed by atoms with Crippen molar-refractivity contribution in [2.24, 2.45) is 5.41 Å². The van der Waals surface area contributed by atoms with Crippen LogP contribution in [0.2, 0.25) is 0 Å². The van der Waals surface area contributed by atoms with Gasteiger partial charge in [-0.1, -0.05) is 0 Å². The van der Waals surface area contributed by atoms with Crippen molar-refractivity contribution in [3.8, 4) is 0 Å². The van der Waals surface area contributed by atoms with Crippen molar-refractivity contribution in [1.29, 1.82) is 0 Å². The number of nitrogens with one attached hydrogen (secondary N) is 1. The minimum absolute atomic E-state index is 0.102. The first-order valence-electron chi connectivity index (χ1n) is 5.04. The van der Waals surface area contributed by atoms with E-state index in [1.165, 1.54) is 11.3 Å². The SMILES string of the molecule is CC1(C(=O)O)COCC1NC(=O)c1cscn1. The van der Waals surface area contributed by atoms with Crippen molar-refractivity contribution in [1.82, 2.24) is 10.3 Å². The molecular weight excluding hydrogens is 244 g/mol. The number of thiazole rings is 1. The Hall–Kier alpha value is -1.47. The maximum atomic E-state index is 11.8. The molecule has 2 unspecified atom stereocenters. The number of hydrogen-bond donors (Lipinski definition) is 2. The summed E-state index contributed by atoms with van der Waals surface area (Å²) in [5.41, 5.74) is 0.775. The maximum absolute atomic E-state index is 11.8. The molecule has 92 valence electrons. The summed E-state index contributed by atoms with van der Waals surface area (Å²) >= 11 is 1.31. The monoisotopic (exact) mass is 256 g/mol. The highest BCUT2D eigenvalue weighted by molar-refractivity contribution is 7.07. The van der Waals surface area contributed by atoms with Crippen molar-refractivity contribution in [3.05, 3.63) is 16.6 Å². The second-order valence-corrected chi connectivity index (χ2v) is 4.86. The zero-order valence-corrected chi connectivity index (χ0v) is 9.99. The Bertz CT molecular complexity index is 434. The van der Waals surface area contributed by atoms with Gasteiger partial charge in [0.15, 0.2) is 0 Å². The summed E-state index contributed by atoms with van der Waals surface area (Å²) in [6.45, 7) is 1.87. The number of carbonyl (C=O) groups is 2. The first-order chi connectivity index (χ1) is 8.04. The van der Waals surface area contributed by atoms with Crippen molar-refractivity contribution in [3.63, 3.8) is 0 Å². The van der Waals surface area contributed by atoms with Crippen LogP contribution in [0.25, 0.3) is 0 Å². The van der Waals surface area contributed by atoms with Crippen molar-refractivity contribution in [2.75, 3.05) is 13.2 Å². The van der Waals surface area contributed by atoms with E-state index in [9.17, 15) is 9.59 Å². The van der Waals surface area contributed by atoms with Gasteiger partial charge in [-0.25, -0.2) is 4.98 Å². The molecule has 2 rings (SSSR count). The van der Waals surface area contributed by atoms with Crippen LogP contribution >= 0.6 is 11.3 Å². The summed E-state index contributed by atoms with van der Waals surface area (Å²) in [5, 5.41) is 13.4. The number of nitrogens with zero attached hydrogens (tertiary/aromatic N) is 1. The van der Waals surface area contributed by atoms with Gasteiger partial charge in [0.05, 0.1) is 24.8 Å². The molecule has 1 saturated heterocycles. The fraction of sp³-hybridized carbons (Fsp3) is 0.500. The molecule has 0 spiro atoms. The Labute approximate surface area is 102 Å². The van der Waals surface area contributed by atoms with Crippen LogP contribution in [-0.2, 0) is 9.53 Å². The first kappa shape index (κ1) is 12.0. The zero-order valence-electron chi connectivity index (χ0n) is 9.17. The van der Waals surface area contributed by atoms with Gasteiger partial charge < -0.3 is 15.2 Å². The molecule has 0 saturated carbocycles. The second-order valence-electron chi connectivity index (χ2n) is 4.14. The molecule has 2 heterocycles. The molecule has 1 aromatic rings. The first-order valence-corrected chi connectivity index (χ1v) is 5.98. The van der Waals surface area contributed by atoms with E-state index in [1.54, 1.807) is 17.8 Å². The predicted molar refractivity (Wildman–Crippen MR) is 59.9 cm³/mol. The van der Waals surface area contributed by atoms with Gasteiger partial charge in [-0.15, -0.1) is 11.3 Å². The number of ether oxygens (including phenoxy) is 1. The quantitative estimate of drug-likeness (QED) is 0.815. The average molecular weight is 256 g/mol. The Morgan fingerprint density at radius 2 is 2.47 bits per heavy atom. The van der Waals surface area contributed by atoms with Gasteiger partial charge in [0.25, 0.3) is 5.91 Å². The van der Waals surface area contributed by atoms with Crippen LogP contribution in [0, 0.1) is 5.41 Å². The van der Waals surface area contributed by atoms with Crippen molar-refractivity contribution in [2.45, 2.75) is 13.0 Å². The van der Waals surface area contributed by atoms with E-state index in [4.69, 9.17) is 9.84 Å². The van der Waals surface area contributed by atoms with Crippen LogP contribution in [-0.4, -0.2) is 41.2 Å². The van der Waals surface area contributed by atoms with E-state index in [0.717, 1.165) is 0 Å². The molecule has 0 aliphatic carbocycles. The molecule has 17 heavy (non-hydrogen) atoms. The largest absolute Gasteiger partial charge is 0.481 e. The molecule has 0 radical (unpaired) electrons. The lowest BCUT2D eigenvalue weighted by molar-refractivity contribution is -0.148. The van der Waals surface area contributed by atoms with Gasteiger partial charge in [-0.3, -0.25) is 9.59 Å². The Morgan fingerprint density at radius 3 is 3.06 bits per heavy atom. The third-order valence-corrected chi connectivity index (χ3v) is 3.50. The number of aromatic nitrogens is 1. The number of carboxylic acids is 1. The fourth-order valence-corrected chi connectivity index (χ4v) is 2.17. The summed E-state index contributed by atoms with van der Waals surface area (Å²) < 4.78 is 5.14. The summed E-state index contributed by atoms with van der Waals surface area (Å²) in [5.74, 6) is -1.34. The van der Waals surface area contributed by atoms with Crippen LogP contribution in [0.4, 0.5) is 0 Å². The molecule has 1 aliphatic rings. The fourth-order valence-electron chi connectivity index (χ4n) is 1.64. The van der Waals surface area contributed by atoms with Gasteiger partial charge >= 0.3 is 5.97 Å². The number of hydrogen-bond acceptors (Lipinski definition) is 5. The number of carboxylic acid groups (broad SMARTS) is 1. The molecule has 1 aromatic heterocycles. The third-order valence-electron chi connectivity index (χ3n) is 2.91. The molecule has 0 aromatic carbocycles. The molecule has 0 bridgehead atoms. The van der Waals surface area contributed by atoms with Crippen LogP contribution in [0.5, 0.6) is 0 Å². The Morgan fingerprint density at radius 1 is 1.71 bits per heavy atom. The number of carbonyl (C=O) groups excluding carboxylic acids is 1. The second kappa shape index (κ2) is 4.42. The van der Waals surface area contributed by atoms with Gasteiger partial charge in [0.1, 0.15) is 11.1 Å². The normalized spacial score (nSPS) is 27.9. The molecule has 7 heteroatoms. The number of aliphatic carboxylic acids is 1. The zero-order chi connectivity index (χ0) is 12.5. The number of rotatable bonds is 3. The van der Waals surface area contributed by atoms with E-state index in [2.05, 4.69) is 10.3 Å². The highest BCUT2D eigenvalue weighted by atomic mass is 32.1. The molecule has 6 nitrogen and oxygen atoms in total. The molecule has 1 amide bonds. The lowest BCUT2D eigenvalue weighted by Crippen LogP contribution is -2.49. The Kier molecular flexibility index (Phi) is 3.12. The van der Waals surface area contributed by atoms with E-state index in [0.29, 0.717) is 5.69 Å². The third kappa shape index (κ3) is 2.16. The highest BCUT2D eigenvalue weighted by Gasteiger charge is 2.47. The molecule has 1 fully saturated rings. The van der Waals surface area contributed by atoms with Crippen LogP contribution in [0.1, 0.15) is 17.4 Å². The summed E-state index contributed by atoms with van der Waals surface area (Å²) in [6, 6.07) is -0.533. The van der Waals surface area contributed by atoms with Crippen molar-refractivity contribution < 1.29 is 19.4 Å². The van der Waals surface area contributed by atoms with E-state index in [1.807, 2.05) is 0 Å². The highest BCUT2D eigenvalue weighted by Crippen LogP contribution is 2.28. The van der Waals surface area contributed by atoms with E-state index in [-0.39, 0.29) is 19.1 Å². The van der Waals surface area contributed by atoms with Gasteiger partial charge in [0.2, 0.25) is 0 Å². The predicted octanol–water partition coefficient (Wildman–Crippen LogP) is 0.363. The van der Waals surface area contributed by atoms with Crippen LogP contribution in [0.15, 0.2) is 10.9 Å². The molecular formula is C10H12N2O4S. The summed E-state index contributed by atoms with van der Waals surface area (Å²) in [7, 11) is 0. The summed E-state index contributed by atoms with van der Waals surface area (Å²) in [4.78, 5) is 26.8. The maximum Gasteiger partial charge on any atom is 0.313 e. The van der Waals surface area contributed by atoms with Gasteiger partial charge in [-0.05, 0) is 6.92 Å². The standard InChI is InChI=1S/C10H12N2O4S/c1-10(9(14)15)4-16-2-7(10)12-8(13)6-3-17-5-11-6/h3,5,7H,2,4H2,1H3,(H,12,13)(H,14,15). The molecule has 2 atom stereocenters. The van der Waals surface area contributed by atoms with Gasteiger partial charge in [-0.2, -0.15) is 0 Å². The van der Waals surface area contributed by atoms with E-state index >= 15 is 0 Å². The smallest absolute Gasteiger partial charge is 0.313 e. The average Bonchev–Trinajstić information content (AvgIpc) is 2.89. The Balaban J connectivity index is 2.09. The van der Waals surface area contributed by atoms with Crippen LogP contribution < -0.4 is 5.32 Å². The minimum Gasteiger partial charge on any atom is -0.481 e. The lowest BCUT2D eigenvalue weighted by atomic mass is 9.85. The number of amides is 1. The summed E-state index contributed by atoms with van der Waals surface area (Å²) in [6.07, 6.45) is 0. The van der Waals surface area contributed by atoms with E-state index < -0.39 is 17.4 Å². The van der Waals surface area contributed by atoms with Crippen molar-refractivity contribution >= 4 is 23.2 Å².